The third kappa shape index (κ3) is 4.02. The maximum Gasteiger partial charge on any atom is 0.263 e. The van der Waals surface area contributed by atoms with Gasteiger partial charge in [0.15, 0.2) is 5.13 Å². The zero-order chi connectivity index (χ0) is 13.5. The summed E-state index contributed by atoms with van der Waals surface area (Å²) < 4.78 is 0. The summed E-state index contributed by atoms with van der Waals surface area (Å²) in [5.41, 5.74) is 0.923. The van der Waals surface area contributed by atoms with E-state index in [-0.39, 0.29) is 5.57 Å². The number of hydrogen-bond acceptors (Lipinski definition) is 5. The number of nitrogens with one attached hydrogen (secondary N) is 2. The van der Waals surface area contributed by atoms with Gasteiger partial charge in [0.1, 0.15) is 11.6 Å². The van der Waals surface area contributed by atoms with Crippen molar-refractivity contribution >= 4 is 34.0 Å². The van der Waals surface area contributed by atoms with Crippen LogP contribution in [-0.2, 0) is 4.79 Å². The number of aryl methyl sites for hydroxylation is 2. The summed E-state index contributed by atoms with van der Waals surface area (Å²) in [6.45, 7) is 4.19. The van der Waals surface area contributed by atoms with Crippen LogP contribution >= 0.6 is 22.9 Å². The van der Waals surface area contributed by atoms with E-state index in [0.29, 0.717) is 17.6 Å². The van der Waals surface area contributed by atoms with Gasteiger partial charge in [-0.3, -0.25) is 4.79 Å². The maximum atomic E-state index is 11.5. The first-order chi connectivity index (χ1) is 8.58. The van der Waals surface area contributed by atoms with Crippen molar-refractivity contribution in [1.29, 1.82) is 5.26 Å². The Labute approximate surface area is 114 Å². The molecule has 0 aliphatic rings. The van der Waals surface area contributed by atoms with Crippen molar-refractivity contribution in [3.63, 3.8) is 0 Å². The van der Waals surface area contributed by atoms with E-state index in [2.05, 4.69) is 15.6 Å². The van der Waals surface area contributed by atoms with Gasteiger partial charge in [-0.1, -0.05) is 0 Å². The molecule has 5 nitrogen and oxygen atoms in total. The second kappa shape index (κ2) is 6.99. The number of carbonyl (C=O) groups is 1. The number of nitriles is 1. The summed E-state index contributed by atoms with van der Waals surface area (Å²) in [4.78, 5) is 16.8. The molecule has 1 rings (SSSR count). The van der Waals surface area contributed by atoms with Crippen LogP contribution in [0.2, 0.25) is 0 Å². The van der Waals surface area contributed by atoms with Crippen LogP contribution < -0.4 is 10.6 Å². The summed E-state index contributed by atoms with van der Waals surface area (Å²) in [5, 5.41) is 14.9. The van der Waals surface area contributed by atoms with E-state index in [1.54, 1.807) is 0 Å². The van der Waals surface area contributed by atoms with E-state index in [1.165, 1.54) is 17.5 Å². The molecule has 1 amide bonds. The van der Waals surface area contributed by atoms with Gasteiger partial charge in [-0.05, 0) is 13.8 Å². The highest BCUT2D eigenvalue weighted by Crippen LogP contribution is 2.21. The molecule has 0 aliphatic heterocycles. The lowest BCUT2D eigenvalue weighted by atomic mass is 10.3. The molecule has 0 radical (unpaired) electrons. The van der Waals surface area contributed by atoms with E-state index in [9.17, 15) is 4.79 Å². The highest BCUT2D eigenvalue weighted by Gasteiger charge is 2.08. The van der Waals surface area contributed by atoms with Gasteiger partial charge >= 0.3 is 0 Å². The van der Waals surface area contributed by atoms with Crippen molar-refractivity contribution in [3.8, 4) is 6.07 Å². The van der Waals surface area contributed by atoms with Gasteiger partial charge in [0.25, 0.3) is 5.91 Å². The summed E-state index contributed by atoms with van der Waals surface area (Å²) in [7, 11) is 0. The average Bonchev–Trinajstić information content (AvgIpc) is 2.67. The van der Waals surface area contributed by atoms with Gasteiger partial charge in [-0.25, -0.2) is 4.98 Å². The molecule has 0 aliphatic carbocycles. The van der Waals surface area contributed by atoms with Crippen LogP contribution in [-0.4, -0.2) is 23.3 Å². The molecule has 0 saturated carbocycles. The fourth-order valence-corrected chi connectivity index (χ4v) is 1.95. The first-order valence-electron chi connectivity index (χ1n) is 5.23. The monoisotopic (exact) mass is 284 g/mol. The van der Waals surface area contributed by atoms with Crippen LogP contribution in [0.4, 0.5) is 5.13 Å². The van der Waals surface area contributed by atoms with E-state index in [0.717, 1.165) is 10.6 Å². The number of nitrogens with zero attached hydrogens (tertiary/aromatic N) is 2. The predicted molar refractivity (Wildman–Crippen MR) is 72.6 cm³/mol. The lowest BCUT2D eigenvalue weighted by Crippen LogP contribution is -2.26. The quantitative estimate of drug-likeness (QED) is 0.492. The first kappa shape index (κ1) is 14.5. The Hall–Kier alpha value is -1.58. The lowest BCUT2D eigenvalue weighted by Gasteiger charge is -2.01. The van der Waals surface area contributed by atoms with Crippen LogP contribution in [0.15, 0.2) is 11.8 Å². The molecule has 0 fully saturated rings. The predicted octanol–water partition coefficient (Wildman–Crippen LogP) is 1.93. The zero-order valence-electron chi connectivity index (χ0n) is 10.1. The van der Waals surface area contributed by atoms with Gasteiger partial charge in [-0.2, -0.15) is 5.26 Å². The number of aromatic nitrogens is 1. The number of alkyl halides is 1. The highest BCUT2D eigenvalue weighted by atomic mass is 35.5. The Morgan fingerprint density at radius 2 is 2.33 bits per heavy atom. The third-order valence-electron chi connectivity index (χ3n) is 2.11. The molecule has 0 bridgehead atoms. The molecule has 0 unspecified atom stereocenters. The van der Waals surface area contributed by atoms with Gasteiger partial charge in [0.05, 0.1) is 5.69 Å². The highest BCUT2D eigenvalue weighted by molar-refractivity contribution is 7.15. The van der Waals surface area contributed by atoms with Gasteiger partial charge in [0, 0.05) is 23.5 Å². The minimum Gasteiger partial charge on any atom is -0.350 e. The molecule has 0 atom stereocenters. The van der Waals surface area contributed by atoms with Crippen molar-refractivity contribution < 1.29 is 4.79 Å². The number of carbonyl (C=O) groups excluding carboxylic acids is 1. The van der Waals surface area contributed by atoms with Crippen molar-refractivity contribution in [2.45, 2.75) is 13.8 Å². The Balaban J connectivity index is 2.68. The molecule has 7 heteroatoms. The Morgan fingerprint density at radius 1 is 1.61 bits per heavy atom. The normalized spacial score (nSPS) is 10.9. The van der Waals surface area contributed by atoms with E-state index >= 15 is 0 Å². The SMILES string of the molecule is Cc1nc(N/C=C(/C#N)C(=O)NCCCl)sc1C. The molecule has 18 heavy (non-hydrogen) atoms. The minimum absolute atomic E-state index is 0.00868. The van der Waals surface area contributed by atoms with Crippen molar-refractivity contribution in [3.05, 3.63) is 22.3 Å². The van der Waals surface area contributed by atoms with Crippen LogP contribution in [0, 0.1) is 25.2 Å². The smallest absolute Gasteiger partial charge is 0.263 e. The van der Waals surface area contributed by atoms with Crippen LogP contribution in [0.1, 0.15) is 10.6 Å². The summed E-state index contributed by atoms with van der Waals surface area (Å²) in [5.74, 6) is -0.140. The van der Waals surface area contributed by atoms with Gasteiger partial charge < -0.3 is 10.6 Å². The first-order valence-corrected chi connectivity index (χ1v) is 6.58. The van der Waals surface area contributed by atoms with Gasteiger partial charge in [-0.15, -0.1) is 22.9 Å². The molecule has 1 aromatic rings. The molecule has 0 aromatic carbocycles. The molecule has 2 N–H and O–H groups in total. The van der Waals surface area contributed by atoms with Crippen molar-refractivity contribution in [1.82, 2.24) is 10.3 Å². The topological polar surface area (TPSA) is 77.8 Å². The number of anilines is 1. The van der Waals surface area contributed by atoms with E-state index in [4.69, 9.17) is 16.9 Å². The van der Waals surface area contributed by atoms with Crippen LogP contribution in [0.5, 0.6) is 0 Å². The summed E-state index contributed by atoms with van der Waals surface area (Å²) in [6, 6.07) is 1.82. The second-order valence-corrected chi connectivity index (χ2v) is 5.00. The Morgan fingerprint density at radius 3 is 2.83 bits per heavy atom. The molecule has 96 valence electrons. The molecule has 0 spiro atoms. The van der Waals surface area contributed by atoms with E-state index in [1.807, 2.05) is 19.9 Å². The zero-order valence-corrected chi connectivity index (χ0v) is 11.7. The Bertz CT molecular complexity index is 484. The van der Waals surface area contributed by atoms with Crippen LogP contribution in [0.25, 0.3) is 0 Å². The third-order valence-corrected chi connectivity index (χ3v) is 3.31. The van der Waals surface area contributed by atoms with Crippen molar-refractivity contribution in [2.75, 3.05) is 17.7 Å². The van der Waals surface area contributed by atoms with Crippen molar-refractivity contribution in [2.24, 2.45) is 0 Å². The number of amides is 1. The summed E-state index contributed by atoms with van der Waals surface area (Å²) >= 11 is 6.91. The average molecular weight is 285 g/mol. The lowest BCUT2D eigenvalue weighted by molar-refractivity contribution is -0.117. The molecule has 0 saturated heterocycles. The molecular formula is C11H13ClN4OS. The fourth-order valence-electron chi connectivity index (χ4n) is 1.07. The number of hydrogen-bond donors (Lipinski definition) is 2. The largest absolute Gasteiger partial charge is 0.350 e. The number of halogens is 1. The Kier molecular flexibility index (Phi) is 5.62. The number of thiazole rings is 1. The van der Waals surface area contributed by atoms with Gasteiger partial charge in [0.2, 0.25) is 0 Å². The standard InChI is InChI=1S/C11H13ClN4OS/c1-7-8(2)18-11(16-7)15-6-9(5-13)10(17)14-4-3-12/h6H,3-4H2,1-2H3,(H,14,17)(H,15,16)/b9-6-. The maximum absolute atomic E-state index is 11.5. The number of rotatable bonds is 5. The minimum atomic E-state index is -0.448. The van der Waals surface area contributed by atoms with Crippen LogP contribution in [0.3, 0.4) is 0 Å². The molecular weight excluding hydrogens is 272 g/mol. The fraction of sp³-hybridized carbons (Fsp3) is 0.364. The molecule has 1 aromatic heterocycles. The van der Waals surface area contributed by atoms with E-state index < -0.39 is 5.91 Å². The second-order valence-electron chi connectivity index (χ2n) is 3.42. The molecule has 1 heterocycles. The summed E-state index contributed by atoms with van der Waals surface area (Å²) in [6.07, 6.45) is 1.35.